The van der Waals surface area contributed by atoms with Gasteiger partial charge in [-0.1, -0.05) is 6.92 Å². The van der Waals surface area contributed by atoms with Crippen LogP contribution in [-0.4, -0.2) is 55.6 Å². The summed E-state index contributed by atoms with van der Waals surface area (Å²) in [6.45, 7) is 6.69. The summed E-state index contributed by atoms with van der Waals surface area (Å²) >= 11 is 0. The Bertz CT molecular complexity index is 290. The topological polar surface area (TPSA) is 73.5 Å². The van der Waals surface area contributed by atoms with Crippen molar-refractivity contribution >= 4 is 11.9 Å². The molecule has 1 fully saturated rings. The van der Waals surface area contributed by atoms with E-state index in [2.05, 4.69) is 20.9 Å². The third kappa shape index (κ3) is 3.96. The van der Waals surface area contributed by atoms with Gasteiger partial charge in [-0.15, -0.1) is 0 Å². The minimum absolute atomic E-state index is 0.241. The van der Waals surface area contributed by atoms with Gasteiger partial charge in [0.05, 0.1) is 6.04 Å². The van der Waals surface area contributed by atoms with Gasteiger partial charge in [0, 0.05) is 13.1 Å². The number of hydrogen-bond donors (Lipinski definition) is 3. The summed E-state index contributed by atoms with van der Waals surface area (Å²) in [5.74, 6) is -0.241. The number of amides is 3. The highest BCUT2D eigenvalue weighted by Crippen LogP contribution is 2.14. The smallest absolute Gasteiger partial charge is 0.321 e. The molecule has 104 valence electrons. The van der Waals surface area contributed by atoms with Crippen LogP contribution in [0.3, 0.4) is 0 Å². The molecule has 18 heavy (non-hydrogen) atoms. The maximum Gasteiger partial charge on any atom is 0.321 e. The van der Waals surface area contributed by atoms with Crippen molar-refractivity contribution in [2.45, 2.75) is 38.8 Å². The first-order valence-corrected chi connectivity index (χ1v) is 6.59. The molecule has 1 aliphatic heterocycles. The minimum Gasteiger partial charge on any atom is -0.341 e. The molecule has 0 aliphatic carbocycles. The normalized spacial score (nSPS) is 18.4. The van der Waals surface area contributed by atoms with Gasteiger partial charge in [-0.2, -0.15) is 0 Å². The maximum atomic E-state index is 11.9. The molecule has 0 aromatic heterocycles. The number of piperidine rings is 1. The second-order valence-electron chi connectivity index (χ2n) is 4.56. The maximum absolute atomic E-state index is 11.9. The zero-order chi connectivity index (χ0) is 13.5. The molecule has 3 amide bonds. The van der Waals surface area contributed by atoms with Crippen molar-refractivity contribution in [2.75, 3.05) is 26.7 Å². The van der Waals surface area contributed by atoms with Crippen LogP contribution in [-0.2, 0) is 4.79 Å². The number of likely N-dealkylation sites (N-methyl/N-ethyl adjacent to an activating group) is 1. The van der Waals surface area contributed by atoms with Gasteiger partial charge in [-0.3, -0.25) is 15.0 Å². The lowest BCUT2D eigenvalue weighted by atomic mass is 10.0. The molecule has 0 aromatic rings. The van der Waals surface area contributed by atoms with Gasteiger partial charge < -0.3 is 10.6 Å². The number of imide groups is 1. The first-order chi connectivity index (χ1) is 8.60. The Hall–Kier alpha value is -1.14. The second-order valence-corrected chi connectivity index (χ2v) is 4.56. The van der Waals surface area contributed by atoms with Gasteiger partial charge in [0.25, 0.3) is 0 Å². The van der Waals surface area contributed by atoms with Crippen LogP contribution in [0.2, 0.25) is 0 Å². The minimum atomic E-state index is -0.451. The van der Waals surface area contributed by atoms with Crippen molar-refractivity contribution in [3.63, 3.8) is 0 Å². The Kier molecular flexibility index (Phi) is 6.07. The van der Waals surface area contributed by atoms with Crippen LogP contribution < -0.4 is 16.0 Å². The summed E-state index contributed by atoms with van der Waals surface area (Å²) in [5, 5.41) is 8.04. The molecule has 3 N–H and O–H groups in total. The number of nitrogens with one attached hydrogen (secondary N) is 3. The van der Waals surface area contributed by atoms with E-state index in [9.17, 15) is 9.59 Å². The Labute approximate surface area is 108 Å². The van der Waals surface area contributed by atoms with E-state index in [1.54, 1.807) is 0 Å². The van der Waals surface area contributed by atoms with Crippen molar-refractivity contribution in [1.82, 2.24) is 20.9 Å². The van der Waals surface area contributed by atoms with Gasteiger partial charge in [-0.05, 0) is 39.4 Å². The average molecular weight is 256 g/mol. The number of rotatable bonds is 4. The van der Waals surface area contributed by atoms with Gasteiger partial charge >= 0.3 is 6.03 Å². The first-order valence-electron chi connectivity index (χ1n) is 6.59. The molecule has 1 unspecified atom stereocenters. The predicted octanol–water partition coefficient (Wildman–Crippen LogP) is -0.0956. The van der Waals surface area contributed by atoms with Gasteiger partial charge in [0.1, 0.15) is 0 Å². The predicted molar refractivity (Wildman–Crippen MR) is 70.3 cm³/mol. The molecule has 1 atom stereocenters. The summed E-state index contributed by atoms with van der Waals surface area (Å²) in [4.78, 5) is 25.2. The van der Waals surface area contributed by atoms with E-state index < -0.39 is 6.03 Å². The van der Waals surface area contributed by atoms with E-state index in [0.717, 1.165) is 32.5 Å². The Morgan fingerprint density at radius 3 is 2.50 bits per heavy atom. The van der Waals surface area contributed by atoms with E-state index in [-0.39, 0.29) is 11.9 Å². The van der Waals surface area contributed by atoms with Crippen LogP contribution in [0, 0.1) is 0 Å². The lowest BCUT2D eigenvalue weighted by Gasteiger charge is -2.37. The average Bonchev–Trinajstić information content (AvgIpc) is 2.40. The van der Waals surface area contributed by atoms with Crippen molar-refractivity contribution in [1.29, 1.82) is 0 Å². The van der Waals surface area contributed by atoms with Crippen LogP contribution in [0.4, 0.5) is 4.79 Å². The molecule has 1 saturated heterocycles. The standard InChI is InChI=1S/C12H24N4O2/c1-4-16(10-5-7-14-8-6-10)9(2)11(17)15-12(18)13-3/h9-10,14H,4-8H2,1-3H3,(H2,13,15,17,18). The van der Waals surface area contributed by atoms with Crippen molar-refractivity contribution in [2.24, 2.45) is 0 Å². The number of carbonyl (C=O) groups excluding carboxylic acids is 2. The van der Waals surface area contributed by atoms with E-state index >= 15 is 0 Å². The van der Waals surface area contributed by atoms with Crippen LogP contribution >= 0.6 is 0 Å². The van der Waals surface area contributed by atoms with Crippen LogP contribution in [0.15, 0.2) is 0 Å². The Balaban J connectivity index is 2.57. The third-order valence-electron chi connectivity index (χ3n) is 3.48. The monoisotopic (exact) mass is 256 g/mol. The first kappa shape index (κ1) is 14.9. The third-order valence-corrected chi connectivity index (χ3v) is 3.48. The van der Waals surface area contributed by atoms with E-state index in [1.807, 2.05) is 13.8 Å². The van der Waals surface area contributed by atoms with Gasteiger partial charge in [-0.25, -0.2) is 4.79 Å². The van der Waals surface area contributed by atoms with Gasteiger partial charge in [0.2, 0.25) is 5.91 Å². The lowest BCUT2D eigenvalue weighted by Crippen LogP contribution is -2.54. The molecule has 0 bridgehead atoms. The van der Waals surface area contributed by atoms with Crippen LogP contribution in [0.25, 0.3) is 0 Å². The summed E-state index contributed by atoms with van der Waals surface area (Å²) < 4.78 is 0. The summed E-state index contributed by atoms with van der Waals surface area (Å²) in [6, 6.07) is -0.315. The van der Waals surface area contributed by atoms with E-state index in [0.29, 0.717) is 6.04 Å². The Morgan fingerprint density at radius 1 is 1.39 bits per heavy atom. The number of urea groups is 1. The fraction of sp³-hybridized carbons (Fsp3) is 0.833. The molecule has 0 saturated carbocycles. The number of hydrogen-bond acceptors (Lipinski definition) is 4. The number of carbonyl (C=O) groups is 2. The molecule has 0 aromatic carbocycles. The van der Waals surface area contributed by atoms with Crippen molar-refractivity contribution in [3.8, 4) is 0 Å². The lowest BCUT2D eigenvalue weighted by molar-refractivity contribution is -0.125. The molecule has 0 spiro atoms. The second kappa shape index (κ2) is 7.33. The molecule has 1 aliphatic rings. The zero-order valence-corrected chi connectivity index (χ0v) is 11.5. The van der Waals surface area contributed by atoms with Crippen LogP contribution in [0.1, 0.15) is 26.7 Å². The zero-order valence-electron chi connectivity index (χ0n) is 11.5. The Morgan fingerprint density at radius 2 is 2.00 bits per heavy atom. The fourth-order valence-electron chi connectivity index (χ4n) is 2.42. The molecule has 0 radical (unpaired) electrons. The summed E-state index contributed by atoms with van der Waals surface area (Å²) in [7, 11) is 1.50. The summed E-state index contributed by atoms with van der Waals surface area (Å²) in [6.07, 6.45) is 2.09. The summed E-state index contributed by atoms with van der Waals surface area (Å²) in [5.41, 5.74) is 0. The fourth-order valence-corrected chi connectivity index (χ4v) is 2.42. The van der Waals surface area contributed by atoms with E-state index in [1.165, 1.54) is 7.05 Å². The molecule has 6 heteroatoms. The molecular formula is C12H24N4O2. The highest BCUT2D eigenvalue weighted by Gasteiger charge is 2.28. The van der Waals surface area contributed by atoms with Crippen molar-refractivity contribution < 1.29 is 9.59 Å². The molecule has 1 heterocycles. The number of nitrogens with zero attached hydrogens (tertiary/aromatic N) is 1. The molecular weight excluding hydrogens is 232 g/mol. The van der Waals surface area contributed by atoms with Gasteiger partial charge in [0.15, 0.2) is 0 Å². The van der Waals surface area contributed by atoms with E-state index in [4.69, 9.17) is 0 Å². The highest BCUT2D eigenvalue weighted by molar-refractivity contribution is 5.96. The quantitative estimate of drug-likeness (QED) is 0.657. The largest absolute Gasteiger partial charge is 0.341 e. The highest BCUT2D eigenvalue weighted by atomic mass is 16.2. The van der Waals surface area contributed by atoms with Crippen molar-refractivity contribution in [3.05, 3.63) is 0 Å². The SMILES string of the molecule is CCN(C1CCNCC1)C(C)C(=O)NC(=O)NC. The van der Waals surface area contributed by atoms with Crippen LogP contribution in [0.5, 0.6) is 0 Å². The molecule has 6 nitrogen and oxygen atoms in total. The molecule has 1 rings (SSSR count).